The normalized spacial score (nSPS) is 13.7. The number of fused-ring (bicyclic) bond motifs is 1. The van der Waals surface area contributed by atoms with E-state index in [-0.39, 0.29) is 12.5 Å². The number of aliphatic hydroxyl groups is 1. The molecule has 0 saturated carbocycles. The number of benzene rings is 1. The maximum atomic E-state index is 11.6. The lowest BCUT2D eigenvalue weighted by molar-refractivity contribution is 0.0944. The molecule has 1 aromatic carbocycles. The van der Waals surface area contributed by atoms with Gasteiger partial charge in [0.15, 0.2) is 0 Å². The van der Waals surface area contributed by atoms with Gasteiger partial charge in [-0.15, -0.1) is 0 Å². The van der Waals surface area contributed by atoms with Crippen LogP contribution in [0.3, 0.4) is 0 Å². The first-order valence-electron chi connectivity index (χ1n) is 5.32. The van der Waals surface area contributed by atoms with E-state index in [0.717, 1.165) is 12.8 Å². The van der Waals surface area contributed by atoms with Crippen molar-refractivity contribution in [1.82, 2.24) is 5.32 Å². The Bertz CT molecular complexity index is 374. The summed E-state index contributed by atoms with van der Waals surface area (Å²) >= 11 is 0. The van der Waals surface area contributed by atoms with Gasteiger partial charge in [-0.3, -0.25) is 4.79 Å². The first-order chi connectivity index (χ1) is 7.31. The van der Waals surface area contributed by atoms with Gasteiger partial charge in [0.25, 0.3) is 5.91 Å². The molecule has 3 nitrogen and oxygen atoms in total. The second kappa shape index (κ2) is 4.45. The van der Waals surface area contributed by atoms with Gasteiger partial charge in [-0.2, -0.15) is 0 Å². The van der Waals surface area contributed by atoms with E-state index in [0.29, 0.717) is 12.1 Å². The fourth-order valence-corrected chi connectivity index (χ4v) is 1.98. The molecule has 0 aliphatic heterocycles. The Morgan fingerprint density at radius 1 is 1.33 bits per heavy atom. The topological polar surface area (TPSA) is 49.3 Å². The maximum Gasteiger partial charge on any atom is 0.251 e. The number of aliphatic hydroxyl groups excluding tert-OH is 1. The van der Waals surface area contributed by atoms with Crippen LogP contribution in [0.4, 0.5) is 0 Å². The standard InChI is InChI=1S/C12H15NO2/c14-7-6-13-12(15)11-5-4-9-2-1-3-10(9)8-11/h4-5,8,14H,1-3,6-7H2,(H,13,15). The molecule has 1 aliphatic carbocycles. The predicted molar refractivity (Wildman–Crippen MR) is 57.9 cm³/mol. The second-order valence-electron chi connectivity index (χ2n) is 3.82. The largest absolute Gasteiger partial charge is 0.395 e. The van der Waals surface area contributed by atoms with Crippen LogP contribution < -0.4 is 5.32 Å². The summed E-state index contributed by atoms with van der Waals surface area (Å²) < 4.78 is 0. The summed E-state index contributed by atoms with van der Waals surface area (Å²) in [6, 6.07) is 5.86. The highest BCUT2D eigenvalue weighted by Gasteiger charge is 2.13. The highest BCUT2D eigenvalue weighted by molar-refractivity contribution is 5.94. The lowest BCUT2D eigenvalue weighted by Gasteiger charge is -2.05. The molecule has 2 N–H and O–H groups in total. The maximum absolute atomic E-state index is 11.6. The van der Waals surface area contributed by atoms with Gasteiger partial charge in [0.05, 0.1) is 6.61 Å². The summed E-state index contributed by atoms with van der Waals surface area (Å²) in [4.78, 5) is 11.6. The zero-order chi connectivity index (χ0) is 10.7. The number of hydrogen-bond donors (Lipinski definition) is 2. The van der Waals surface area contributed by atoms with Crippen LogP contribution in [-0.4, -0.2) is 24.2 Å². The third-order valence-electron chi connectivity index (χ3n) is 2.76. The summed E-state index contributed by atoms with van der Waals surface area (Å²) in [6.07, 6.45) is 3.40. The molecule has 15 heavy (non-hydrogen) atoms. The SMILES string of the molecule is O=C(NCCO)c1ccc2c(c1)CCC2. The van der Waals surface area contributed by atoms with Crippen LogP contribution in [0.25, 0.3) is 0 Å². The van der Waals surface area contributed by atoms with Gasteiger partial charge in [0, 0.05) is 12.1 Å². The van der Waals surface area contributed by atoms with Crippen LogP contribution in [0.5, 0.6) is 0 Å². The van der Waals surface area contributed by atoms with E-state index in [4.69, 9.17) is 5.11 Å². The van der Waals surface area contributed by atoms with Gasteiger partial charge in [0.2, 0.25) is 0 Å². The number of amides is 1. The van der Waals surface area contributed by atoms with Crippen molar-refractivity contribution in [2.75, 3.05) is 13.2 Å². The molecule has 0 bridgehead atoms. The quantitative estimate of drug-likeness (QED) is 0.770. The number of carbonyl (C=O) groups excluding carboxylic acids is 1. The fraction of sp³-hybridized carbons (Fsp3) is 0.417. The number of nitrogens with one attached hydrogen (secondary N) is 1. The van der Waals surface area contributed by atoms with E-state index >= 15 is 0 Å². The van der Waals surface area contributed by atoms with E-state index in [2.05, 4.69) is 5.32 Å². The summed E-state index contributed by atoms with van der Waals surface area (Å²) in [5.41, 5.74) is 3.37. The molecule has 0 aromatic heterocycles. The molecule has 1 aromatic rings. The first kappa shape index (κ1) is 10.2. The first-order valence-corrected chi connectivity index (χ1v) is 5.32. The van der Waals surface area contributed by atoms with Gasteiger partial charge >= 0.3 is 0 Å². The Morgan fingerprint density at radius 3 is 2.93 bits per heavy atom. The molecule has 0 saturated heterocycles. The predicted octanol–water partition coefficient (Wildman–Crippen LogP) is 0.897. The van der Waals surface area contributed by atoms with Crippen LogP contribution in [0.1, 0.15) is 27.9 Å². The monoisotopic (exact) mass is 205 g/mol. The van der Waals surface area contributed by atoms with E-state index < -0.39 is 0 Å². The number of hydrogen-bond acceptors (Lipinski definition) is 2. The van der Waals surface area contributed by atoms with Crippen molar-refractivity contribution < 1.29 is 9.90 Å². The van der Waals surface area contributed by atoms with Gasteiger partial charge in [-0.25, -0.2) is 0 Å². The Labute approximate surface area is 89.1 Å². The minimum Gasteiger partial charge on any atom is -0.395 e. The number of aryl methyl sites for hydroxylation is 2. The average molecular weight is 205 g/mol. The van der Waals surface area contributed by atoms with Crippen LogP contribution >= 0.6 is 0 Å². The highest BCUT2D eigenvalue weighted by Crippen LogP contribution is 2.22. The minimum atomic E-state index is -0.0984. The molecular weight excluding hydrogens is 190 g/mol. The van der Waals surface area contributed by atoms with Crippen molar-refractivity contribution in [1.29, 1.82) is 0 Å². The Hall–Kier alpha value is -1.35. The summed E-state index contributed by atoms with van der Waals surface area (Å²) in [5, 5.41) is 11.3. The highest BCUT2D eigenvalue weighted by atomic mass is 16.3. The number of carbonyl (C=O) groups is 1. The Balaban J connectivity index is 2.12. The van der Waals surface area contributed by atoms with E-state index in [1.165, 1.54) is 17.5 Å². The smallest absolute Gasteiger partial charge is 0.251 e. The van der Waals surface area contributed by atoms with Crippen molar-refractivity contribution in [2.45, 2.75) is 19.3 Å². The molecule has 0 atom stereocenters. The van der Waals surface area contributed by atoms with Crippen molar-refractivity contribution in [2.24, 2.45) is 0 Å². The molecule has 0 unspecified atom stereocenters. The lowest BCUT2D eigenvalue weighted by Crippen LogP contribution is -2.26. The van der Waals surface area contributed by atoms with Crippen LogP contribution in [0.15, 0.2) is 18.2 Å². The van der Waals surface area contributed by atoms with Crippen molar-refractivity contribution >= 4 is 5.91 Å². The van der Waals surface area contributed by atoms with Crippen LogP contribution in [0.2, 0.25) is 0 Å². The molecule has 0 fully saturated rings. The average Bonchev–Trinajstić information content (AvgIpc) is 2.72. The minimum absolute atomic E-state index is 0.0172. The molecule has 0 spiro atoms. The zero-order valence-electron chi connectivity index (χ0n) is 8.62. The molecule has 3 heteroatoms. The lowest BCUT2D eigenvalue weighted by atomic mass is 10.1. The Kier molecular flexibility index (Phi) is 3.02. The molecular formula is C12H15NO2. The second-order valence-corrected chi connectivity index (χ2v) is 3.82. The van der Waals surface area contributed by atoms with Crippen molar-refractivity contribution in [3.8, 4) is 0 Å². The van der Waals surface area contributed by atoms with Gasteiger partial charge in [-0.1, -0.05) is 6.07 Å². The molecule has 80 valence electrons. The van der Waals surface area contributed by atoms with E-state index in [9.17, 15) is 4.79 Å². The molecule has 2 rings (SSSR count). The summed E-state index contributed by atoms with van der Waals surface area (Å²) in [7, 11) is 0. The molecule has 1 amide bonds. The van der Waals surface area contributed by atoms with Crippen LogP contribution in [-0.2, 0) is 12.8 Å². The van der Waals surface area contributed by atoms with Crippen molar-refractivity contribution in [3.63, 3.8) is 0 Å². The summed E-state index contributed by atoms with van der Waals surface area (Å²) in [6.45, 7) is 0.298. The van der Waals surface area contributed by atoms with Gasteiger partial charge in [-0.05, 0) is 42.5 Å². The third-order valence-corrected chi connectivity index (χ3v) is 2.76. The fourth-order valence-electron chi connectivity index (χ4n) is 1.98. The van der Waals surface area contributed by atoms with E-state index in [1.54, 1.807) is 0 Å². The number of rotatable bonds is 3. The summed E-state index contributed by atoms with van der Waals surface area (Å²) in [5.74, 6) is -0.0984. The van der Waals surface area contributed by atoms with Gasteiger partial charge in [0.1, 0.15) is 0 Å². The molecule has 1 aliphatic rings. The van der Waals surface area contributed by atoms with Crippen molar-refractivity contribution in [3.05, 3.63) is 34.9 Å². The molecule has 0 heterocycles. The zero-order valence-corrected chi connectivity index (χ0v) is 8.62. The molecule has 0 radical (unpaired) electrons. The van der Waals surface area contributed by atoms with E-state index in [1.807, 2.05) is 18.2 Å². The Morgan fingerprint density at radius 2 is 2.13 bits per heavy atom. The van der Waals surface area contributed by atoms with Crippen LogP contribution in [0, 0.1) is 0 Å². The van der Waals surface area contributed by atoms with Gasteiger partial charge < -0.3 is 10.4 Å². The third kappa shape index (κ3) is 2.18.